The number of H-pyrrole nitrogens is 1. The van der Waals surface area contributed by atoms with E-state index >= 15 is 0 Å². The monoisotopic (exact) mass is 330 g/mol. The fourth-order valence-electron chi connectivity index (χ4n) is 2.80. The Labute approximate surface area is 138 Å². The lowest BCUT2D eigenvalue weighted by Crippen LogP contribution is -2.23. The Morgan fingerprint density at radius 1 is 1.27 bits per heavy atom. The molecular formula is C17H18N2OS2. The van der Waals surface area contributed by atoms with E-state index in [-0.39, 0.29) is 5.56 Å². The van der Waals surface area contributed by atoms with Crippen LogP contribution in [0.2, 0.25) is 0 Å². The summed E-state index contributed by atoms with van der Waals surface area (Å²) in [7, 11) is 0. The third kappa shape index (κ3) is 2.66. The van der Waals surface area contributed by atoms with Crippen molar-refractivity contribution in [2.24, 2.45) is 0 Å². The summed E-state index contributed by atoms with van der Waals surface area (Å²) in [5, 5.41) is 0.812. The molecular weight excluding hydrogens is 312 g/mol. The predicted octanol–water partition coefficient (Wildman–Crippen LogP) is 4.23. The lowest BCUT2D eigenvalue weighted by Gasteiger charge is -2.07. The van der Waals surface area contributed by atoms with Gasteiger partial charge in [0.05, 0.1) is 5.39 Å². The first-order chi connectivity index (χ1) is 10.6. The summed E-state index contributed by atoms with van der Waals surface area (Å²) < 4.78 is 2.20. The van der Waals surface area contributed by atoms with Gasteiger partial charge in [-0.2, -0.15) is 0 Å². The van der Waals surface area contributed by atoms with Crippen LogP contribution in [0, 0.1) is 11.7 Å². The normalized spacial score (nSPS) is 11.2. The van der Waals surface area contributed by atoms with Crippen molar-refractivity contribution in [2.45, 2.75) is 33.2 Å². The maximum Gasteiger partial charge on any atom is 0.263 e. The van der Waals surface area contributed by atoms with Crippen LogP contribution >= 0.6 is 23.6 Å². The van der Waals surface area contributed by atoms with E-state index in [0.29, 0.717) is 11.3 Å². The van der Waals surface area contributed by atoms with Gasteiger partial charge in [-0.05, 0) is 43.1 Å². The van der Waals surface area contributed by atoms with Crippen LogP contribution in [0.4, 0.5) is 0 Å². The summed E-state index contributed by atoms with van der Waals surface area (Å²) in [6.07, 6.45) is 1.67. The van der Waals surface area contributed by atoms with Crippen molar-refractivity contribution in [2.75, 3.05) is 0 Å². The molecule has 0 atom stereocenters. The molecule has 0 saturated heterocycles. The molecule has 0 fully saturated rings. The summed E-state index contributed by atoms with van der Waals surface area (Å²) in [5.74, 6) is 0. The number of aryl methyl sites for hydroxylation is 3. The van der Waals surface area contributed by atoms with Crippen molar-refractivity contribution in [1.82, 2.24) is 9.55 Å². The van der Waals surface area contributed by atoms with Crippen LogP contribution in [-0.2, 0) is 19.4 Å². The van der Waals surface area contributed by atoms with E-state index < -0.39 is 0 Å². The summed E-state index contributed by atoms with van der Waals surface area (Å²) in [6.45, 7) is 4.75. The van der Waals surface area contributed by atoms with Gasteiger partial charge in [-0.25, -0.2) is 0 Å². The van der Waals surface area contributed by atoms with Gasteiger partial charge < -0.3 is 4.98 Å². The SMILES string of the molecule is CCc1c(C)sc2[nH]c(=S)n(CCc3ccccc3)c(=O)c12. The molecule has 0 unspecified atom stereocenters. The number of nitrogens with zero attached hydrogens (tertiary/aromatic N) is 1. The maximum atomic E-state index is 12.8. The summed E-state index contributed by atoms with van der Waals surface area (Å²) in [5.41, 5.74) is 2.39. The number of nitrogens with one attached hydrogen (secondary N) is 1. The van der Waals surface area contributed by atoms with Crippen LogP contribution in [0.3, 0.4) is 0 Å². The standard InChI is InChI=1S/C17H18N2OS2/c1-3-13-11(2)22-15-14(13)16(20)19(17(21)18-15)10-9-12-7-5-4-6-8-12/h4-8H,3,9-10H2,1-2H3,(H,18,21). The molecule has 0 radical (unpaired) electrons. The highest BCUT2D eigenvalue weighted by atomic mass is 32.1. The van der Waals surface area contributed by atoms with Crippen LogP contribution in [0.5, 0.6) is 0 Å². The largest absolute Gasteiger partial charge is 0.323 e. The molecule has 0 bridgehead atoms. The molecule has 5 heteroatoms. The molecule has 2 heterocycles. The van der Waals surface area contributed by atoms with Gasteiger partial charge in [-0.3, -0.25) is 9.36 Å². The molecule has 1 N–H and O–H groups in total. The molecule has 2 aromatic heterocycles. The van der Waals surface area contributed by atoms with E-state index in [4.69, 9.17) is 12.2 Å². The van der Waals surface area contributed by atoms with Gasteiger partial charge in [0.2, 0.25) is 0 Å². The van der Waals surface area contributed by atoms with E-state index in [1.807, 2.05) is 18.2 Å². The van der Waals surface area contributed by atoms with Gasteiger partial charge >= 0.3 is 0 Å². The number of hydrogen-bond acceptors (Lipinski definition) is 3. The quantitative estimate of drug-likeness (QED) is 0.727. The van der Waals surface area contributed by atoms with E-state index in [2.05, 4.69) is 31.0 Å². The molecule has 0 aliphatic rings. The first-order valence-electron chi connectivity index (χ1n) is 7.40. The molecule has 22 heavy (non-hydrogen) atoms. The molecule has 3 aromatic rings. The minimum absolute atomic E-state index is 0.0379. The van der Waals surface area contributed by atoms with Crippen molar-refractivity contribution in [1.29, 1.82) is 0 Å². The lowest BCUT2D eigenvalue weighted by atomic mass is 10.1. The van der Waals surface area contributed by atoms with Crippen LogP contribution in [0.25, 0.3) is 10.2 Å². The Balaban J connectivity index is 2.06. The number of thiophene rings is 1. The van der Waals surface area contributed by atoms with Crippen molar-refractivity contribution >= 4 is 33.8 Å². The molecule has 3 nitrogen and oxygen atoms in total. The van der Waals surface area contributed by atoms with Crippen LogP contribution in [0.15, 0.2) is 35.1 Å². The Morgan fingerprint density at radius 3 is 2.68 bits per heavy atom. The van der Waals surface area contributed by atoms with E-state index in [1.54, 1.807) is 15.9 Å². The van der Waals surface area contributed by atoms with Crippen molar-refractivity contribution in [3.05, 3.63) is 61.5 Å². The Kier molecular flexibility index (Phi) is 4.27. The minimum Gasteiger partial charge on any atom is -0.323 e. The summed E-state index contributed by atoms with van der Waals surface area (Å²) >= 11 is 7.00. The van der Waals surface area contributed by atoms with Gasteiger partial charge in [0.15, 0.2) is 4.77 Å². The van der Waals surface area contributed by atoms with E-state index in [1.165, 1.54) is 10.4 Å². The Hall–Kier alpha value is -1.72. The van der Waals surface area contributed by atoms with Gasteiger partial charge in [0, 0.05) is 11.4 Å². The highest BCUT2D eigenvalue weighted by Crippen LogP contribution is 2.27. The second-order valence-electron chi connectivity index (χ2n) is 5.32. The molecule has 0 aliphatic heterocycles. The van der Waals surface area contributed by atoms with Gasteiger partial charge in [-0.1, -0.05) is 37.3 Å². The van der Waals surface area contributed by atoms with Crippen molar-refractivity contribution in [3.63, 3.8) is 0 Å². The second-order valence-corrected chi connectivity index (χ2v) is 6.93. The first kappa shape index (κ1) is 15.2. The smallest absolute Gasteiger partial charge is 0.263 e. The molecule has 0 aliphatic carbocycles. The number of aromatic amines is 1. The number of benzene rings is 1. The van der Waals surface area contributed by atoms with Crippen LogP contribution in [0.1, 0.15) is 22.9 Å². The predicted molar refractivity (Wildman–Crippen MR) is 95.5 cm³/mol. The minimum atomic E-state index is 0.0379. The molecule has 0 amide bonds. The van der Waals surface area contributed by atoms with Gasteiger partial charge in [-0.15, -0.1) is 11.3 Å². The fraction of sp³-hybridized carbons (Fsp3) is 0.294. The van der Waals surface area contributed by atoms with E-state index in [9.17, 15) is 4.79 Å². The average Bonchev–Trinajstić information content (AvgIpc) is 2.83. The van der Waals surface area contributed by atoms with Crippen molar-refractivity contribution < 1.29 is 0 Å². The highest BCUT2D eigenvalue weighted by molar-refractivity contribution is 7.71. The zero-order chi connectivity index (χ0) is 15.7. The van der Waals surface area contributed by atoms with Crippen LogP contribution < -0.4 is 5.56 Å². The van der Waals surface area contributed by atoms with Gasteiger partial charge in [0.25, 0.3) is 5.56 Å². The zero-order valence-electron chi connectivity index (χ0n) is 12.7. The summed E-state index contributed by atoms with van der Waals surface area (Å²) in [4.78, 5) is 18.2. The number of hydrogen-bond donors (Lipinski definition) is 1. The summed E-state index contributed by atoms with van der Waals surface area (Å²) in [6, 6.07) is 10.2. The molecule has 0 spiro atoms. The third-order valence-electron chi connectivity index (χ3n) is 3.95. The Bertz CT molecular complexity index is 919. The maximum absolute atomic E-state index is 12.8. The average molecular weight is 330 g/mol. The van der Waals surface area contributed by atoms with E-state index in [0.717, 1.165) is 28.6 Å². The number of fused-ring (bicyclic) bond motifs is 1. The van der Waals surface area contributed by atoms with Crippen molar-refractivity contribution in [3.8, 4) is 0 Å². The molecule has 3 rings (SSSR count). The zero-order valence-corrected chi connectivity index (χ0v) is 14.3. The third-order valence-corrected chi connectivity index (χ3v) is 5.34. The highest BCUT2D eigenvalue weighted by Gasteiger charge is 2.14. The Morgan fingerprint density at radius 2 is 2.00 bits per heavy atom. The number of aromatic nitrogens is 2. The van der Waals surface area contributed by atoms with Crippen LogP contribution in [-0.4, -0.2) is 9.55 Å². The molecule has 0 saturated carbocycles. The topological polar surface area (TPSA) is 37.8 Å². The fourth-order valence-corrected chi connectivity index (χ4v) is 4.28. The molecule has 1 aromatic carbocycles. The molecule has 114 valence electrons. The van der Waals surface area contributed by atoms with Gasteiger partial charge in [0.1, 0.15) is 4.83 Å². The first-order valence-corrected chi connectivity index (χ1v) is 8.63. The lowest BCUT2D eigenvalue weighted by molar-refractivity contribution is 0.652. The second kappa shape index (κ2) is 6.18. The number of rotatable bonds is 4.